The van der Waals surface area contributed by atoms with Gasteiger partial charge in [0.25, 0.3) is 0 Å². The molecule has 24 heavy (non-hydrogen) atoms. The summed E-state index contributed by atoms with van der Waals surface area (Å²) in [6.07, 6.45) is 5.54. The van der Waals surface area contributed by atoms with Crippen LogP contribution in [0.1, 0.15) is 22.1 Å². The maximum Gasteiger partial charge on any atom is 0.235 e. The van der Waals surface area contributed by atoms with E-state index in [0.717, 1.165) is 16.8 Å². The fraction of sp³-hybridized carbons (Fsp3) is 0.250. The van der Waals surface area contributed by atoms with E-state index in [1.54, 1.807) is 27.3 Å². The van der Waals surface area contributed by atoms with E-state index in [1.165, 1.54) is 0 Å². The van der Waals surface area contributed by atoms with Crippen LogP contribution in [0.5, 0.6) is 0 Å². The lowest BCUT2D eigenvalue weighted by atomic mass is 10.1. The predicted octanol–water partition coefficient (Wildman–Crippen LogP) is 2.08. The van der Waals surface area contributed by atoms with Gasteiger partial charge in [0.2, 0.25) is 5.91 Å². The van der Waals surface area contributed by atoms with Gasteiger partial charge >= 0.3 is 0 Å². The Balaban J connectivity index is 1.90. The van der Waals surface area contributed by atoms with Crippen LogP contribution in [-0.4, -0.2) is 36.2 Å². The third-order valence-corrected chi connectivity index (χ3v) is 5.17. The lowest BCUT2D eigenvalue weighted by Gasteiger charge is -2.12. The van der Waals surface area contributed by atoms with Gasteiger partial charge in [-0.05, 0) is 19.1 Å². The maximum absolute atomic E-state index is 12.2. The maximum atomic E-state index is 12.2. The number of aryl methyl sites for hydroxylation is 2. The molecule has 0 aromatic carbocycles. The number of hydrogen-bond donors (Lipinski definition) is 1. The number of aromatic nitrogens is 5. The molecule has 0 unspecified atom stereocenters. The van der Waals surface area contributed by atoms with Crippen LogP contribution in [0.2, 0.25) is 0 Å². The minimum absolute atomic E-state index is 0.00473. The molecule has 0 saturated carbocycles. The molecule has 8 heteroatoms. The number of amides is 1. The molecule has 0 bridgehead atoms. The number of nitrogens with zero attached hydrogens (tertiary/aromatic N) is 5. The standard InChI is InChI=1S/C16H16N6OS/c1-10-14-15(11-7-18-21(2)8-11)24-9-13(23)19-16(14)22(20-10)12-5-3-4-6-17-12/h3-8,15H,9H2,1-2H3,(H,19,23)/t15-/m0/s1. The van der Waals surface area contributed by atoms with E-state index < -0.39 is 0 Å². The van der Waals surface area contributed by atoms with E-state index in [2.05, 4.69) is 20.5 Å². The number of anilines is 1. The van der Waals surface area contributed by atoms with Crippen molar-refractivity contribution in [2.24, 2.45) is 7.05 Å². The molecule has 4 heterocycles. The van der Waals surface area contributed by atoms with Crippen LogP contribution in [0, 0.1) is 6.92 Å². The van der Waals surface area contributed by atoms with E-state index in [-0.39, 0.29) is 11.2 Å². The van der Waals surface area contributed by atoms with Gasteiger partial charge in [-0.1, -0.05) is 6.07 Å². The lowest BCUT2D eigenvalue weighted by molar-refractivity contribution is -0.113. The molecular formula is C16H16N6OS. The minimum Gasteiger partial charge on any atom is -0.310 e. The lowest BCUT2D eigenvalue weighted by Crippen LogP contribution is -2.16. The summed E-state index contributed by atoms with van der Waals surface area (Å²) in [7, 11) is 1.89. The molecule has 3 aromatic heterocycles. The Hall–Kier alpha value is -2.61. The highest BCUT2D eigenvalue weighted by molar-refractivity contribution is 8.00. The van der Waals surface area contributed by atoms with Crippen molar-refractivity contribution >= 4 is 23.5 Å². The zero-order chi connectivity index (χ0) is 16.7. The molecule has 1 N–H and O–H groups in total. The summed E-state index contributed by atoms with van der Waals surface area (Å²) in [6, 6.07) is 5.62. The van der Waals surface area contributed by atoms with Crippen molar-refractivity contribution in [3.63, 3.8) is 0 Å². The van der Waals surface area contributed by atoms with Crippen molar-refractivity contribution in [1.82, 2.24) is 24.5 Å². The molecule has 122 valence electrons. The van der Waals surface area contributed by atoms with Gasteiger partial charge in [0.1, 0.15) is 5.82 Å². The Kier molecular flexibility index (Phi) is 3.61. The second kappa shape index (κ2) is 5.79. The third kappa shape index (κ3) is 2.48. The van der Waals surface area contributed by atoms with Crippen molar-refractivity contribution in [3.8, 4) is 5.82 Å². The van der Waals surface area contributed by atoms with Gasteiger partial charge in [-0.15, -0.1) is 11.8 Å². The van der Waals surface area contributed by atoms with Crippen LogP contribution < -0.4 is 5.32 Å². The molecule has 1 amide bonds. The SMILES string of the molecule is Cc1nn(-c2ccccn2)c2c1[C@H](c1cnn(C)c1)SCC(=O)N2. The van der Waals surface area contributed by atoms with Crippen molar-refractivity contribution in [1.29, 1.82) is 0 Å². The molecule has 0 aliphatic carbocycles. The van der Waals surface area contributed by atoms with E-state index in [0.29, 0.717) is 17.4 Å². The first-order chi connectivity index (χ1) is 11.6. The zero-order valence-corrected chi connectivity index (χ0v) is 14.1. The molecule has 0 radical (unpaired) electrons. The second-order valence-electron chi connectivity index (χ2n) is 5.63. The number of fused-ring (bicyclic) bond motifs is 1. The van der Waals surface area contributed by atoms with Gasteiger partial charge in [-0.2, -0.15) is 14.9 Å². The minimum atomic E-state index is -0.0373. The van der Waals surface area contributed by atoms with Crippen molar-refractivity contribution < 1.29 is 4.79 Å². The monoisotopic (exact) mass is 340 g/mol. The van der Waals surface area contributed by atoms with Crippen molar-refractivity contribution in [2.75, 3.05) is 11.1 Å². The summed E-state index contributed by atoms with van der Waals surface area (Å²) in [5.74, 6) is 1.72. The molecule has 0 fully saturated rings. The second-order valence-corrected chi connectivity index (χ2v) is 6.73. The van der Waals surface area contributed by atoms with E-state index in [1.807, 2.05) is 44.6 Å². The molecule has 3 aromatic rings. The van der Waals surface area contributed by atoms with Crippen LogP contribution in [0.25, 0.3) is 5.82 Å². The van der Waals surface area contributed by atoms with Gasteiger partial charge in [0.15, 0.2) is 5.82 Å². The topological polar surface area (TPSA) is 77.6 Å². The average Bonchev–Trinajstić information content (AvgIpc) is 3.08. The summed E-state index contributed by atoms with van der Waals surface area (Å²) in [4.78, 5) is 16.6. The molecule has 0 spiro atoms. The normalized spacial score (nSPS) is 17.2. The predicted molar refractivity (Wildman–Crippen MR) is 92.2 cm³/mol. The fourth-order valence-corrected chi connectivity index (χ4v) is 4.02. The summed E-state index contributed by atoms with van der Waals surface area (Å²) < 4.78 is 3.48. The first kappa shape index (κ1) is 14.9. The number of carbonyl (C=O) groups excluding carboxylic acids is 1. The van der Waals surface area contributed by atoms with E-state index >= 15 is 0 Å². The Bertz CT molecular complexity index is 901. The highest BCUT2D eigenvalue weighted by Crippen LogP contribution is 2.43. The summed E-state index contributed by atoms with van der Waals surface area (Å²) >= 11 is 1.58. The molecule has 1 atom stereocenters. The van der Waals surface area contributed by atoms with E-state index in [9.17, 15) is 4.79 Å². The number of thioether (sulfide) groups is 1. The summed E-state index contributed by atoms with van der Waals surface area (Å²) in [6.45, 7) is 1.96. The van der Waals surface area contributed by atoms with Gasteiger partial charge < -0.3 is 5.32 Å². The van der Waals surface area contributed by atoms with Crippen molar-refractivity contribution in [3.05, 3.63) is 53.6 Å². The molecular weight excluding hydrogens is 324 g/mol. The molecule has 1 aliphatic rings. The Labute approximate surface area is 143 Å². The average molecular weight is 340 g/mol. The van der Waals surface area contributed by atoms with Crippen LogP contribution >= 0.6 is 11.8 Å². The third-order valence-electron chi connectivity index (χ3n) is 3.90. The number of hydrogen-bond acceptors (Lipinski definition) is 5. The fourth-order valence-electron chi connectivity index (χ4n) is 2.87. The van der Waals surface area contributed by atoms with Crippen LogP contribution in [0.4, 0.5) is 5.82 Å². The summed E-state index contributed by atoms with van der Waals surface area (Å²) in [5, 5.41) is 11.9. The van der Waals surface area contributed by atoms with Gasteiger partial charge in [0, 0.05) is 30.6 Å². The van der Waals surface area contributed by atoms with Gasteiger partial charge in [-0.3, -0.25) is 9.48 Å². The number of pyridine rings is 1. The summed E-state index contributed by atoms with van der Waals surface area (Å²) in [5.41, 5.74) is 2.94. The number of carbonyl (C=O) groups is 1. The number of nitrogens with one attached hydrogen (secondary N) is 1. The number of rotatable bonds is 2. The van der Waals surface area contributed by atoms with Crippen LogP contribution in [0.15, 0.2) is 36.8 Å². The highest BCUT2D eigenvalue weighted by atomic mass is 32.2. The first-order valence-corrected chi connectivity index (χ1v) is 8.59. The smallest absolute Gasteiger partial charge is 0.235 e. The van der Waals surface area contributed by atoms with Crippen LogP contribution in [0.3, 0.4) is 0 Å². The zero-order valence-electron chi connectivity index (χ0n) is 13.3. The van der Waals surface area contributed by atoms with E-state index in [4.69, 9.17) is 0 Å². The highest BCUT2D eigenvalue weighted by Gasteiger charge is 2.31. The van der Waals surface area contributed by atoms with Gasteiger partial charge in [-0.25, -0.2) is 4.98 Å². The molecule has 7 nitrogen and oxygen atoms in total. The van der Waals surface area contributed by atoms with Crippen molar-refractivity contribution in [2.45, 2.75) is 12.2 Å². The largest absolute Gasteiger partial charge is 0.310 e. The molecule has 1 aliphatic heterocycles. The van der Waals surface area contributed by atoms with Gasteiger partial charge in [0.05, 0.1) is 22.9 Å². The Morgan fingerprint density at radius 1 is 1.38 bits per heavy atom. The molecule has 0 saturated heterocycles. The Morgan fingerprint density at radius 3 is 2.96 bits per heavy atom. The Morgan fingerprint density at radius 2 is 2.25 bits per heavy atom. The van der Waals surface area contributed by atoms with Crippen LogP contribution in [-0.2, 0) is 11.8 Å². The quantitative estimate of drug-likeness (QED) is 0.773. The first-order valence-electron chi connectivity index (χ1n) is 7.54. The molecule has 4 rings (SSSR count).